The zero-order valence-corrected chi connectivity index (χ0v) is 11.9. The van der Waals surface area contributed by atoms with Gasteiger partial charge in [0.1, 0.15) is 0 Å². The summed E-state index contributed by atoms with van der Waals surface area (Å²) in [5, 5.41) is 0. The minimum absolute atomic E-state index is 0.00521. The molecule has 0 saturated carbocycles. The Morgan fingerprint density at radius 3 is 1.58 bits per heavy atom. The molecule has 0 radical (unpaired) electrons. The van der Waals surface area contributed by atoms with Gasteiger partial charge >= 0.3 is 11.9 Å². The number of esters is 2. The lowest BCUT2D eigenvalue weighted by atomic mass is 10.1. The van der Waals surface area contributed by atoms with Crippen molar-refractivity contribution in [2.45, 2.75) is 64.5 Å². The van der Waals surface area contributed by atoms with E-state index in [2.05, 4.69) is 0 Å². The van der Waals surface area contributed by atoms with E-state index in [1.807, 2.05) is 13.8 Å². The molecule has 0 unspecified atom stereocenters. The molecule has 2 atom stereocenters. The number of carbonyl (C=O) groups is 2. The van der Waals surface area contributed by atoms with Gasteiger partial charge in [-0.1, -0.05) is 13.8 Å². The van der Waals surface area contributed by atoms with E-state index < -0.39 is 11.9 Å². The summed E-state index contributed by atoms with van der Waals surface area (Å²) in [6.07, 6.45) is 3.28. The predicted molar refractivity (Wildman–Crippen MR) is 72.1 cm³/mol. The Morgan fingerprint density at radius 1 is 0.895 bits per heavy atom. The maximum atomic E-state index is 11.3. The zero-order valence-electron chi connectivity index (χ0n) is 11.9. The van der Waals surface area contributed by atoms with Gasteiger partial charge in [0.15, 0.2) is 0 Å². The Morgan fingerprint density at radius 2 is 1.26 bits per heavy atom. The molecule has 0 amide bonds. The van der Waals surface area contributed by atoms with Crippen molar-refractivity contribution in [3.63, 3.8) is 0 Å². The largest absolute Gasteiger partial charge is 0.428 e. The Hall–Kier alpha value is -1.14. The Bertz CT molecular complexity index is 245. The van der Waals surface area contributed by atoms with Crippen LogP contribution in [0.25, 0.3) is 0 Å². The average molecular weight is 274 g/mol. The SMILES string of the molecule is CC[C@@H](N)CCC(=O)OCOC(=O)CC[C@H](N)CC. The maximum absolute atomic E-state index is 11.3. The molecule has 112 valence electrons. The van der Waals surface area contributed by atoms with Gasteiger partial charge in [-0.25, -0.2) is 0 Å². The summed E-state index contributed by atoms with van der Waals surface area (Å²) in [7, 11) is 0. The molecular formula is C13H26N2O4. The highest BCUT2D eigenvalue weighted by atomic mass is 16.7. The Labute approximate surface area is 114 Å². The van der Waals surface area contributed by atoms with Gasteiger partial charge in [-0.2, -0.15) is 0 Å². The van der Waals surface area contributed by atoms with E-state index in [0.29, 0.717) is 12.8 Å². The van der Waals surface area contributed by atoms with Gasteiger partial charge in [-0.15, -0.1) is 0 Å². The molecule has 0 rings (SSSR count). The molecule has 0 saturated heterocycles. The monoisotopic (exact) mass is 274 g/mol. The lowest BCUT2D eigenvalue weighted by Crippen LogP contribution is -2.22. The third-order valence-corrected chi connectivity index (χ3v) is 2.93. The third-order valence-electron chi connectivity index (χ3n) is 2.93. The molecule has 0 heterocycles. The Kier molecular flexibility index (Phi) is 10.1. The normalized spacial score (nSPS) is 13.7. The van der Waals surface area contributed by atoms with Crippen LogP contribution in [-0.2, 0) is 19.1 Å². The first-order valence-corrected chi connectivity index (χ1v) is 6.81. The predicted octanol–water partition coefficient (Wildman–Crippen LogP) is 1.07. The first kappa shape index (κ1) is 17.9. The maximum Gasteiger partial charge on any atom is 0.308 e. The van der Waals surface area contributed by atoms with Crippen molar-refractivity contribution in [3.8, 4) is 0 Å². The van der Waals surface area contributed by atoms with Crippen molar-refractivity contribution in [1.29, 1.82) is 0 Å². The van der Waals surface area contributed by atoms with Crippen LogP contribution in [0.5, 0.6) is 0 Å². The van der Waals surface area contributed by atoms with E-state index in [4.69, 9.17) is 20.9 Å². The second-order valence-electron chi connectivity index (χ2n) is 4.56. The fourth-order valence-corrected chi connectivity index (χ4v) is 1.32. The van der Waals surface area contributed by atoms with Gasteiger partial charge in [0.2, 0.25) is 6.79 Å². The van der Waals surface area contributed by atoms with Crippen LogP contribution in [0, 0.1) is 0 Å². The highest BCUT2D eigenvalue weighted by Crippen LogP contribution is 2.02. The van der Waals surface area contributed by atoms with Gasteiger partial charge in [0, 0.05) is 24.9 Å². The zero-order chi connectivity index (χ0) is 14.7. The molecule has 0 aliphatic heterocycles. The number of carbonyl (C=O) groups excluding carboxylic acids is 2. The van der Waals surface area contributed by atoms with Gasteiger partial charge in [-0.3, -0.25) is 9.59 Å². The summed E-state index contributed by atoms with van der Waals surface area (Å²) in [5.41, 5.74) is 11.3. The molecule has 0 aromatic carbocycles. The summed E-state index contributed by atoms with van der Waals surface area (Å²) < 4.78 is 9.54. The summed E-state index contributed by atoms with van der Waals surface area (Å²) in [6, 6.07) is 0.0104. The van der Waals surface area contributed by atoms with Crippen LogP contribution in [0.1, 0.15) is 52.4 Å². The standard InChI is InChI=1S/C13H26N2O4/c1-3-10(14)5-7-12(16)18-9-19-13(17)8-6-11(15)4-2/h10-11H,3-9,14-15H2,1-2H3/t10-,11-/m1/s1. The second-order valence-corrected chi connectivity index (χ2v) is 4.56. The van der Waals surface area contributed by atoms with Crippen molar-refractivity contribution in [2.75, 3.05) is 6.79 Å². The molecule has 0 aromatic rings. The number of nitrogens with two attached hydrogens (primary N) is 2. The average Bonchev–Trinajstić information content (AvgIpc) is 2.41. The summed E-state index contributed by atoms with van der Waals surface area (Å²) >= 11 is 0. The fourth-order valence-electron chi connectivity index (χ4n) is 1.32. The molecule has 0 aliphatic rings. The van der Waals surface area contributed by atoms with E-state index in [0.717, 1.165) is 12.8 Å². The van der Waals surface area contributed by atoms with E-state index in [1.165, 1.54) is 0 Å². The van der Waals surface area contributed by atoms with Crippen LogP contribution in [0.4, 0.5) is 0 Å². The van der Waals surface area contributed by atoms with Crippen molar-refractivity contribution in [3.05, 3.63) is 0 Å². The molecule has 19 heavy (non-hydrogen) atoms. The third kappa shape index (κ3) is 10.5. The van der Waals surface area contributed by atoms with E-state index in [1.54, 1.807) is 0 Å². The van der Waals surface area contributed by atoms with Crippen LogP contribution in [-0.4, -0.2) is 30.8 Å². The molecule has 6 nitrogen and oxygen atoms in total. The molecule has 4 N–H and O–H groups in total. The van der Waals surface area contributed by atoms with E-state index in [-0.39, 0.29) is 31.7 Å². The smallest absolute Gasteiger partial charge is 0.308 e. The molecule has 0 spiro atoms. The molecular weight excluding hydrogens is 248 g/mol. The lowest BCUT2D eigenvalue weighted by Gasteiger charge is -2.10. The van der Waals surface area contributed by atoms with Crippen molar-refractivity contribution in [1.82, 2.24) is 0 Å². The van der Waals surface area contributed by atoms with Crippen LogP contribution < -0.4 is 11.5 Å². The van der Waals surface area contributed by atoms with Gasteiger partial charge in [0.05, 0.1) is 0 Å². The van der Waals surface area contributed by atoms with Crippen LogP contribution in [0.15, 0.2) is 0 Å². The van der Waals surface area contributed by atoms with E-state index >= 15 is 0 Å². The van der Waals surface area contributed by atoms with Crippen molar-refractivity contribution >= 4 is 11.9 Å². The molecule has 0 fully saturated rings. The minimum atomic E-state index is -0.401. The quantitative estimate of drug-likeness (QED) is 0.456. The van der Waals surface area contributed by atoms with Gasteiger partial charge in [-0.05, 0) is 25.7 Å². The minimum Gasteiger partial charge on any atom is -0.428 e. The Balaban J connectivity index is 3.56. The van der Waals surface area contributed by atoms with Gasteiger partial charge < -0.3 is 20.9 Å². The highest BCUT2D eigenvalue weighted by molar-refractivity contribution is 5.71. The highest BCUT2D eigenvalue weighted by Gasteiger charge is 2.09. The first-order chi connectivity index (χ1) is 8.99. The summed E-state index contributed by atoms with van der Waals surface area (Å²) in [5.74, 6) is -0.802. The van der Waals surface area contributed by atoms with E-state index in [9.17, 15) is 9.59 Å². The molecule has 0 aromatic heterocycles. The van der Waals surface area contributed by atoms with Crippen molar-refractivity contribution in [2.24, 2.45) is 11.5 Å². The van der Waals surface area contributed by atoms with Crippen LogP contribution in [0.3, 0.4) is 0 Å². The number of hydrogen-bond donors (Lipinski definition) is 2. The number of rotatable bonds is 10. The fraction of sp³-hybridized carbons (Fsp3) is 0.846. The number of hydrogen-bond acceptors (Lipinski definition) is 6. The summed E-state index contributed by atoms with van der Waals surface area (Å²) in [6.45, 7) is 3.58. The first-order valence-electron chi connectivity index (χ1n) is 6.81. The number of ether oxygens (including phenoxy) is 2. The lowest BCUT2D eigenvalue weighted by molar-refractivity contribution is -0.167. The topological polar surface area (TPSA) is 105 Å². The van der Waals surface area contributed by atoms with Crippen LogP contribution in [0.2, 0.25) is 0 Å². The van der Waals surface area contributed by atoms with Crippen LogP contribution >= 0.6 is 0 Å². The van der Waals surface area contributed by atoms with Crippen molar-refractivity contribution < 1.29 is 19.1 Å². The molecule has 0 aliphatic carbocycles. The molecule has 6 heteroatoms. The van der Waals surface area contributed by atoms with Gasteiger partial charge in [0.25, 0.3) is 0 Å². The second kappa shape index (κ2) is 10.8. The molecule has 0 bridgehead atoms. The summed E-state index contributed by atoms with van der Waals surface area (Å²) in [4.78, 5) is 22.5.